The Labute approximate surface area is 177 Å². The Morgan fingerprint density at radius 1 is 1.10 bits per heavy atom. The van der Waals surface area contributed by atoms with Crippen LogP contribution in [0.4, 0.5) is 11.5 Å². The summed E-state index contributed by atoms with van der Waals surface area (Å²) in [7, 11) is 0. The van der Waals surface area contributed by atoms with Gasteiger partial charge in [0.1, 0.15) is 17.3 Å². The fourth-order valence-electron chi connectivity index (χ4n) is 3.46. The topological polar surface area (TPSA) is 53.3 Å². The number of benzene rings is 1. The molecule has 0 atom stereocenters. The number of furan rings is 1. The van der Waals surface area contributed by atoms with Crippen LogP contribution in [0.15, 0.2) is 65.2 Å². The first-order valence-corrected chi connectivity index (χ1v) is 10.5. The van der Waals surface area contributed by atoms with E-state index in [9.17, 15) is 0 Å². The highest BCUT2D eigenvalue weighted by Gasteiger charge is 2.16. The van der Waals surface area contributed by atoms with Gasteiger partial charge in [-0.3, -0.25) is 0 Å². The van der Waals surface area contributed by atoms with Gasteiger partial charge in [0.2, 0.25) is 0 Å². The molecule has 0 spiro atoms. The maximum atomic E-state index is 5.89. The highest BCUT2D eigenvalue weighted by molar-refractivity contribution is 7.80. The molecule has 1 saturated heterocycles. The van der Waals surface area contributed by atoms with Crippen molar-refractivity contribution in [1.82, 2.24) is 10.3 Å². The van der Waals surface area contributed by atoms with Crippen molar-refractivity contribution in [3.8, 4) is 11.3 Å². The molecule has 29 heavy (non-hydrogen) atoms. The van der Waals surface area contributed by atoms with E-state index in [0.29, 0.717) is 11.7 Å². The average Bonchev–Trinajstić information content (AvgIpc) is 3.23. The quantitative estimate of drug-likeness (QED) is 0.578. The molecule has 0 amide bonds. The van der Waals surface area contributed by atoms with Gasteiger partial charge in [-0.25, -0.2) is 4.98 Å². The van der Waals surface area contributed by atoms with Crippen LogP contribution in [0.25, 0.3) is 11.3 Å². The van der Waals surface area contributed by atoms with E-state index in [0.717, 1.165) is 47.6 Å². The number of thiocarbonyl (C=S) groups is 1. The van der Waals surface area contributed by atoms with Crippen LogP contribution in [0.2, 0.25) is 0 Å². The minimum atomic E-state index is 0.524. The monoisotopic (exact) mass is 406 g/mol. The van der Waals surface area contributed by atoms with Crippen LogP contribution in [0, 0.1) is 5.92 Å². The second-order valence-electron chi connectivity index (χ2n) is 7.51. The number of rotatable bonds is 5. The van der Waals surface area contributed by atoms with Gasteiger partial charge >= 0.3 is 0 Å². The van der Waals surface area contributed by atoms with E-state index in [1.807, 2.05) is 54.7 Å². The van der Waals surface area contributed by atoms with Crippen molar-refractivity contribution in [3.05, 3.63) is 66.6 Å². The summed E-state index contributed by atoms with van der Waals surface area (Å²) in [5, 5.41) is 6.91. The van der Waals surface area contributed by atoms with E-state index in [1.54, 1.807) is 0 Å². The van der Waals surface area contributed by atoms with Gasteiger partial charge in [-0.1, -0.05) is 37.3 Å². The zero-order valence-electron chi connectivity index (χ0n) is 16.6. The first-order chi connectivity index (χ1) is 14.2. The Morgan fingerprint density at radius 3 is 2.62 bits per heavy atom. The predicted molar refractivity (Wildman–Crippen MR) is 122 cm³/mol. The first-order valence-electron chi connectivity index (χ1n) is 10.1. The summed E-state index contributed by atoms with van der Waals surface area (Å²) in [6.07, 6.45) is 4.30. The summed E-state index contributed by atoms with van der Waals surface area (Å²) in [6.45, 7) is 5.00. The number of pyridine rings is 1. The Balaban J connectivity index is 1.27. The lowest BCUT2D eigenvalue weighted by Gasteiger charge is -2.31. The van der Waals surface area contributed by atoms with E-state index < -0.39 is 0 Å². The molecule has 1 aromatic carbocycles. The molecule has 0 bridgehead atoms. The highest BCUT2D eigenvalue weighted by Crippen LogP contribution is 2.23. The summed E-state index contributed by atoms with van der Waals surface area (Å²) in [4.78, 5) is 6.94. The van der Waals surface area contributed by atoms with Gasteiger partial charge in [-0.15, -0.1) is 0 Å². The number of hydrogen-bond donors (Lipinski definition) is 2. The summed E-state index contributed by atoms with van der Waals surface area (Å²) >= 11 is 5.40. The van der Waals surface area contributed by atoms with Crippen molar-refractivity contribution >= 4 is 28.8 Å². The van der Waals surface area contributed by atoms with Crippen molar-refractivity contribution in [2.24, 2.45) is 5.92 Å². The van der Waals surface area contributed by atoms with Gasteiger partial charge in [0.15, 0.2) is 5.11 Å². The summed E-state index contributed by atoms with van der Waals surface area (Å²) in [5.74, 6) is 3.54. The van der Waals surface area contributed by atoms with Gasteiger partial charge in [0.05, 0.1) is 18.4 Å². The highest BCUT2D eigenvalue weighted by atomic mass is 32.1. The van der Waals surface area contributed by atoms with E-state index in [4.69, 9.17) is 16.6 Å². The van der Waals surface area contributed by atoms with Gasteiger partial charge in [-0.05, 0) is 55.2 Å². The van der Waals surface area contributed by atoms with Crippen molar-refractivity contribution in [3.63, 3.8) is 0 Å². The zero-order chi connectivity index (χ0) is 20.1. The predicted octanol–water partition coefficient (Wildman–Crippen LogP) is 5.06. The third-order valence-corrected chi connectivity index (χ3v) is 5.50. The molecule has 2 aromatic heterocycles. The summed E-state index contributed by atoms with van der Waals surface area (Å²) in [6, 6.07) is 18.1. The molecule has 6 heteroatoms. The number of nitrogens with one attached hydrogen (secondary N) is 2. The van der Waals surface area contributed by atoms with E-state index in [1.165, 1.54) is 12.8 Å². The van der Waals surface area contributed by atoms with Crippen LogP contribution in [0.3, 0.4) is 0 Å². The van der Waals surface area contributed by atoms with Crippen LogP contribution in [-0.2, 0) is 6.54 Å². The van der Waals surface area contributed by atoms with Crippen LogP contribution in [-0.4, -0.2) is 23.2 Å². The van der Waals surface area contributed by atoms with Crippen LogP contribution in [0.5, 0.6) is 0 Å². The maximum absolute atomic E-state index is 5.89. The minimum Gasteiger partial charge on any atom is -0.459 e. The minimum absolute atomic E-state index is 0.524. The maximum Gasteiger partial charge on any atom is 0.171 e. The standard InChI is InChI=1S/C23H26N4OS/c1-17-11-13-27(14-12-17)22-10-7-19(15-24-22)26-23(29)25-16-20-8-9-21(28-20)18-5-3-2-4-6-18/h2-10,15,17H,11-14,16H2,1H3,(H2,25,26,29). The van der Waals surface area contributed by atoms with Crippen molar-refractivity contribution in [1.29, 1.82) is 0 Å². The van der Waals surface area contributed by atoms with Crippen LogP contribution in [0.1, 0.15) is 25.5 Å². The van der Waals surface area contributed by atoms with Gasteiger partial charge in [-0.2, -0.15) is 0 Å². The Kier molecular flexibility index (Phi) is 6.10. The average molecular weight is 407 g/mol. The molecule has 3 heterocycles. The normalized spacial score (nSPS) is 14.6. The number of piperidine rings is 1. The largest absolute Gasteiger partial charge is 0.459 e. The molecular formula is C23H26N4OS. The molecule has 0 aliphatic carbocycles. The van der Waals surface area contributed by atoms with Crippen LogP contribution >= 0.6 is 12.2 Å². The van der Waals surface area contributed by atoms with Crippen LogP contribution < -0.4 is 15.5 Å². The first kappa shape index (κ1) is 19.5. The van der Waals surface area contributed by atoms with E-state index in [2.05, 4.69) is 33.5 Å². The van der Waals surface area contributed by atoms with Gasteiger partial charge in [0.25, 0.3) is 0 Å². The number of anilines is 2. The van der Waals surface area contributed by atoms with E-state index >= 15 is 0 Å². The lowest BCUT2D eigenvalue weighted by molar-refractivity contribution is 0.436. The van der Waals surface area contributed by atoms with Crippen molar-refractivity contribution < 1.29 is 4.42 Å². The SMILES string of the molecule is CC1CCN(c2ccc(NC(=S)NCc3ccc(-c4ccccc4)o3)cn2)CC1. The fraction of sp³-hybridized carbons (Fsp3) is 0.304. The third-order valence-electron chi connectivity index (χ3n) is 5.26. The third kappa shape index (κ3) is 5.15. The van der Waals surface area contributed by atoms with E-state index in [-0.39, 0.29) is 0 Å². The fourth-order valence-corrected chi connectivity index (χ4v) is 3.65. The van der Waals surface area contributed by atoms with Crippen molar-refractivity contribution in [2.45, 2.75) is 26.3 Å². The molecule has 1 fully saturated rings. The van der Waals surface area contributed by atoms with Gasteiger partial charge in [0, 0.05) is 18.7 Å². The molecule has 0 unspecified atom stereocenters. The molecule has 0 radical (unpaired) electrons. The molecular weight excluding hydrogens is 380 g/mol. The number of hydrogen-bond acceptors (Lipinski definition) is 4. The molecule has 1 aliphatic rings. The summed E-state index contributed by atoms with van der Waals surface area (Å²) < 4.78 is 5.89. The molecule has 5 nitrogen and oxygen atoms in total. The molecule has 0 saturated carbocycles. The number of aromatic nitrogens is 1. The summed E-state index contributed by atoms with van der Waals surface area (Å²) in [5.41, 5.74) is 1.94. The molecule has 1 aliphatic heterocycles. The van der Waals surface area contributed by atoms with Gasteiger partial charge < -0.3 is 20.0 Å². The van der Waals surface area contributed by atoms with Crippen molar-refractivity contribution in [2.75, 3.05) is 23.3 Å². The molecule has 4 rings (SSSR count). The Morgan fingerprint density at radius 2 is 1.90 bits per heavy atom. The Bertz CT molecular complexity index is 931. The second kappa shape index (κ2) is 9.09. The number of nitrogens with zero attached hydrogens (tertiary/aromatic N) is 2. The smallest absolute Gasteiger partial charge is 0.171 e. The molecule has 150 valence electrons. The molecule has 2 N–H and O–H groups in total. The zero-order valence-corrected chi connectivity index (χ0v) is 17.4. The lowest BCUT2D eigenvalue weighted by atomic mass is 9.99. The second-order valence-corrected chi connectivity index (χ2v) is 7.92. The molecule has 3 aromatic rings. The lowest BCUT2D eigenvalue weighted by Crippen LogP contribution is -2.33. The Hall–Kier alpha value is -2.86.